The van der Waals surface area contributed by atoms with Gasteiger partial charge in [0.1, 0.15) is 0 Å². The van der Waals surface area contributed by atoms with Crippen molar-refractivity contribution in [3.05, 3.63) is 29.8 Å². The third-order valence-corrected chi connectivity index (χ3v) is 4.78. The Balaban J connectivity index is 1.83. The fourth-order valence-corrected chi connectivity index (χ4v) is 2.59. The van der Waals surface area contributed by atoms with Gasteiger partial charge in [0.15, 0.2) is 0 Å². The van der Waals surface area contributed by atoms with E-state index in [1.165, 1.54) is 0 Å². The third kappa shape index (κ3) is 6.05. The quantitative estimate of drug-likeness (QED) is 0.859. The summed E-state index contributed by atoms with van der Waals surface area (Å²) in [6, 6.07) is 7.38. The predicted octanol–water partition coefficient (Wildman–Crippen LogP) is 2.17. The van der Waals surface area contributed by atoms with Crippen LogP contribution in [0.25, 0.3) is 0 Å². The first-order chi connectivity index (χ1) is 11.8. The molecule has 0 spiro atoms. The molecule has 1 saturated heterocycles. The smallest absolute Gasteiger partial charge is 0.319 e. The fourth-order valence-electron chi connectivity index (χ4n) is 2.59. The second kappa shape index (κ2) is 8.85. The summed E-state index contributed by atoms with van der Waals surface area (Å²) in [4.78, 5) is 28.4. The van der Waals surface area contributed by atoms with Crippen LogP contribution in [0.2, 0.25) is 0 Å². The van der Waals surface area contributed by atoms with E-state index in [1.807, 2.05) is 36.1 Å². The molecule has 2 rings (SSSR count). The second-order valence-corrected chi connectivity index (χ2v) is 7.19. The average molecular weight is 346 g/mol. The SMILES string of the molecule is CC(C)C(C)NC(=O)Nc1ccc(CC(=O)N2CCN(C)CC2)cc1. The molecule has 138 valence electrons. The van der Waals surface area contributed by atoms with E-state index >= 15 is 0 Å². The Morgan fingerprint density at radius 2 is 1.64 bits per heavy atom. The molecule has 6 nitrogen and oxygen atoms in total. The molecule has 1 atom stereocenters. The van der Waals surface area contributed by atoms with Gasteiger partial charge in [0.2, 0.25) is 5.91 Å². The molecule has 1 aromatic carbocycles. The number of benzene rings is 1. The largest absolute Gasteiger partial charge is 0.340 e. The predicted molar refractivity (Wildman–Crippen MR) is 101 cm³/mol. The summed E-state index contributed by atoms with van der Waals surface area (Å²) in [6.45, 7) is 9.56. The number of hydrogen-bond acceptors (Lipinski definition) is 3. The number of carbonyl (C=O) groups excluding carboxylic acids is 2. The molecule has 0 aromatic heterocycles. The van der Waals surface area contributed by atoms with Crippen molar-refractivity contribution in [2.75, 3.05) is 38.5 Å². The van der Waals surface area contributed by atoms with Crippen LogP contribution in [-0.2, 0) is 11.2 Å². The van der Waals surface area contributed by atoms with Crippen LogP contribution in [0.5, 0.6) is 0 Å². The van der Waals surface area contributed by atoms with Crippen molar-refractivity contribution in [1.29, 1.82) is 0 Å². The zero-order valence-electron chi connectivity index (χ0n) is 15.7. The topological polar surface area (TPSA) is 64.7 Å². The lowest BCUT2D eigenvalue weighted by molar-refractivity contribution is -0.132. The number of piperazine rings is 1. The minimum absolute atomic E-state index is 0.112. The average Bonchev–Trinajstić information content (AvgIpc) is 2.57. The number of rotatable bonds is 5. The minimum atomic E-state index is -0.206. The van der Waals surface area contributed by atoms with Crippen molar-refractivity contribution >= 4 is 17.6 Å². The molecule has 2 N–H and O–H groups in total. The maximum absolute atomic E-state index is 12.3. The summed E-state index contributed by atoms with van der Waals surface area (Å²) >= 11 is 0. The summed E-state index contributed by atoms with van der Waals surface area (Å²) in [5, 5.41) is 5.73. The molecule has 3 amide bonds. The highest BCUT2D eigenvalue weighted by molar-refractivity contribution is 5.89. The highest BCUT2D eigenvalue weighted by Gasteiger charge is 2.19. The van der Waals surface area contributed by atoms with Gasteiger partial charge >= 0.3 is 6.03 Å². The van der Waals surface area contributed by atoms with E-state index in [0.29, 0.717) is 12.3 Å². The summed E-state index contributed by atoms with van der Waals surface area (Å²) in [6.07, 6.45) is 0.403. The molecule has 1 unspecified atom stereocenters. The summed E-state index contributed by atoms with van der Waals surface area (Å²) < 4.78 is 0. The van der Waals surface area contributed by atoms with Gasteiger partial charge in [-0.15, -0.1) is 0 Å². The third-order valence-electron chi connectivity index (χ3n) is 4.78. The number of amides is 3. The number of nitrogens with zero attached hydrogens (tertiary/aromatic N) is 2. The number of carbonyl (C=O) groups is 2. The van der Waals surface area contributed by atoms with Crippen LogP contribution in [0.1, 0.15) is 26.3 Å². The fraction of sp³-hybridized carbons (Fsp3) is 0.579. The molecule has 6 heteroatoms. The molecule has 1 fully saturated rings. The molecule has 1 heterocycles. The summed E-state index contributed by atoms with van der Waals surface area (Å²) in [5.74, 6) is 0.547. The molecule has 0 bridgehead atoms. The molecule has 0 radical (unpaired) electrons. The summed E-state index contributed by atoms with van der Waals surface area (Å²) in [7, 11) is 2.08. The van der Waals surface area contributed by atoms with Crippen molar-refractivity contribution in [1.82, 2.24) is 15.1 Å². The Morgan fingerprint density at radius 1 is 1.04 bits per heavy atom. The van der Waals surface area contributed by atoms with Gasteiger partial charge in [-0.05, 0) is 37.6 Å². The van der Waals surface area contributed by atoms with Crippen LogP contribution in [0.15, 0.2) is 24.3 Å². The van der Waals surface area contributed by atoms with Crippen LogP contribution < -0.4 is 10.6 Å². The molecule has 0 aliphatic carbocycles. The first kappa shape index (κ1) is 19.2. The molecule has 25 heavy (non-hydrogen) atoms. The maximum atomic E-state index is 12.3. The van der Waals surface area contributed by atoms with Crippen LogP contribution in [0, 0.1) is 5.92 Å². The number of hydrogen-bond donors (Lipinski definition) is 2. The van der Waals surface area contributed by atoms with Gasteiger partial charge in [-0.3, -0.25) is 4.79 Å². The van der Waals surface area contributed by atoms with E-state index in [1.54, 1.807) is 0 Å². The Morgan fingerprint density at radius 3 is 2.20 bits per heavy atom. The maximum Gasteiger partial charge on any atom is 0.319 e. The highest BCUT2D eigenvalue weighted by Crippen LogP contribution is 2.12. The second-order valence-electron chi connectivity index (χ2n) is 7.19. The summed E-state index contributed by atoms with van der Waals surface area (Å²) in [5.41, 5.74) is 1.69. The van der Waals surface area contributed by atoms with Crippen molar-refractivity contribution in [2.45, 2.75) is 33.2 Å². The van der Waals surface area contributed by atoms with Gasteiger partial charge in [-0.2, -0.15) is 0 Å². The number of anilines is 1. The van der Waals surface area contributed by atoms with E-state index < -0.39 is 0 Å². The van der Waals surface area contributed by atoms with Gasteiger partial charge in [0, 0.05) is 37.9 Å². The molecule has 0 saturated carbocycles. The Bertz CT molecular complexity index is 578. The zero-order valence-corrected chi connectivity index (χ0v) is 15.7. The first-order valence-corrected chi connectivity index (χ1v) is 8.98. The Hall–Kier alpha value is -2.08. The monoisotopic (exact) mass is 346 g/mol. The van der Waals surface area contributed by atoms with E-state index in [0.717, 1.165) is 37.4 Å². The normalized spacial score (nSPS) is 16.6. The lowest BCUT2D eigenvalue weighted by atomic mass is 10.1. The van der Waals surface area contributed by atoms with Crippen molar-refractivity contribution in [3.8, 4) is 0 Å². The molecule has 1 aromatic rings. The molecular formula is C19H30N4O2. The van der Waals surface area contributed by atoms with Gasteiger partial charge in [-0.1, -0.05) is 26.0 Å². The van der Waals surface area contributed by atoms with E-state index in [2.05, 4.69) is 36.4 Å². The first-order valence-electron chi connectivity index (χ1n) is 8.98. The van der Waals surface area contributed by atoms with Crippen LogP contribution in [0.4, 0.5) is 10.5 Å². The minimum Gasteiger partial charge on any atom is -0.340 e. The Labute approximate surface area is 150 Å². The van der Waals surface area contributed by atoms with Gasteiger partial charge in [-0.25, -0.2) is 4.79 Å². The zero-order chi connectivity index (χ0) is 18.4. The van der Waals surface area contributed by atoms with Crippen molar-refractivity contribution in [3.63, 3.8) is 0 Å². The van der Waals surface area contributed by atoms with E-state index in [-0.39, 0.29) is 18.0 Å². The van der Waals surface area contributed by atoms with Gasteiger partial charge in [0.25, 0.3) is 0 Å². The lowest BCUT2D eigenvalue weighted by Crippen LogP contribution is -2.47. The van der Waals surface area contributed by atoms with Crippen LogP contribution >= 0.6 is 0 Å². The van der Waals surface area contributed by atoms with Gasteiger partial charge < -0.3 is 20.4 Å². The van der Waals surface area contributed by atoms with E-state index in [9.17, 15) is 9.59 Å². The standard InChI is InChI=1S/C19H30N4O2/c1-14(2)15(3)20-19(25)21-17-7-5-16(6-8-17)13-18(24)23-11-9-22(4)10-12-23/h5-8,14-15H,9-13H2,1-4H3,(H2,20,21,25). The number of urea groups is 1. The molecule has 1 aliphatic heterocycles. The Kier molecular flexibility index (Phi) is 6.82. The van der Waals surface area contributed by atoms with Gasteiger partial charge in [0.05, 0.1) is 6.42 Å². The van der Waals surface area contributed by atoms with Crippen molar-refractivity contribution < 1.29 is 9.59 Å². The van der Waals surface area contributed by atoms with Crippen molar-refractivity contribution in [2.24, 2.45) is 5.92 Å². The number of likely N-dealkylation sites (N-methyl/N-ethyl adjacent to an activating group) is 1. The highest BCUT2D eigenvalue weighted by atomic mass is 16.2. The van der Waals surface area contributed by atoms with E-state index in [4.69, 9.17) is 0 Å². The van der Waals surface area contributed by atoms with Crippen LogP contribution in [0.3, 0.4) is 0 Å². The lowest BCUT2D eigenvalue weighted by Gasteiger charge is -2.32. The number of nitrogens with one attached hydrogen (secondary N) is 2. The molecular weight excluding hydrogens is 316 g/mol. The molecule has 1 aliphatic rings. The van der Waals surface area contributed by atoms with Crippen LogP contribution in [-0.4, -0.2) is 61.0 Å².